The molecule has 5 aliphatic rings. The Labute approximate surface area is 127 Å². The maximum atomic E-state index is 13.3. The van der Waals surface area contributed by atoms with Crippen molar-refractivity contribution in [3.05, 3.63) is 0 Å². The van der Waals surface area contributed by atoms with Crippen LogP contribution in [0.5, 0.6) is 0 Å². The summed E-state index contributed by atoms with van der Waals surface area (Å²) in [6, 6.07) is 0.500. The Bertz CT molecular complexity index is 405. The molecule has 4 heteroatoms. The summed E-state index contributed by atoms with van der Waals surface area (Å²) < 4.78 is 5.47. The molecule has 2 unspecified atom stereocenters. The first-order valence-electron chi connectivity index (χ1n) is 8.79. The quantitative estimate of drug-likeness (QED) is 0.844. The lowest BCUT2D eigenvalue weighted by atomic mass is 9.68. The van der Waals surface area contributed by atoms with Crippen LogP contribution < -0.4 is 5.73 Å². The second-order valence-electron chi connectivity index (χ2n) is 7.98. The van der Waals surface area contributed by atoms with Crippen LogP contribution in [-0.4, -0.2) is 43.2 Å². The third-order valence-corrected chi connectivity index (χ3v) is 6.66. The Morgan fingerprint density at radius 3 is 2.29 bits per heavy atom. The summed E-state index contributed by atoms with van der Waals surface area (Å²) in [6.07, 6.45) is 8.24. The van der Waals surface area contributed by atoms with Crippen molar-refractivity contribution in [2.24, 2.45) is 28.9 Å². The predicted octanol–water partition coefficient (Wildman–Crippen LogP) is 1.78. The Morgan fingerprint density at radius 2 is 1.67 bits per heavy atom. The van der Waals surface area contributed by atoms with Crippen molar-refractivity contribution in [3.8, 4) is 0 Å². The van der Waals surface area contributed by atoms with Gasteiger partial charge in [0.2, 0.25) is 5.91 Å². The average molecular weight is 292 g/mol. The molecule has 3 heterocycles. The van der Waals surface area contributed by atoms with Gasteiger partial charge < -0.3 is 15.4 Å². The Balaban J connectivity index is 1.58. The van der Waals surface area contributed by atoms with Crippen LogP contribution in [0.15, 0.2) is 0 Å². The van der Waals surface area contributed by atoms with E-state index in [0.29, 0.717) is 31.7 Å². The molecular formula is C17H28N2O2. The maximum Gasteiger partial charge on any atom is 0.230 e. The SMILES string of the molecule is NCC1(C(=O)N2CC3CC4CC(C3)CC2C4)CCOCC1. The largest absolute Gasteiger partial charge is 0.381 e. The highest BCUT2D eigenvalue weighted by atomic mass is 16.5. The van der Waals surface area contributed by atoms with E-state index < -0.39 is 0 Å². The number of hydrogen-bond donors (Lipinski definition) is 1. The third-order valence-electron chi connectivity index (χ3n) is 6.66. The number of nitrogens with zero attached hydrogens (tertiary/aromatic N) is 1. The van der Waals surface area contributed by atoms with Crippen molar-refractivity contribution in [3.63, 3.8) is 0 Å². The minimum absolute atomic E-state index is 0.333. The van der Waals surface area contributed by atoms with Crippen molar-refractivity contribution < 1.29 is 9.53 Å². The summed E-state index contributed by atoms with van der Waals surface area (Å²) in [5.74, 6) is 2.87. The summed E-state index contributed by atoms with van der Waals surface area (Å²) in [5, 5.41) is 0. The van der Waals surface area contributed by atoms with Gasteiger partial charge >= 0.3 is 0 Å². The minimum atomic E-state index is -0.333. The number of rotatable bonds is 2. The second kappa shape index (κ2) is 5.24. The van der Waals surface area contributed by atoms with Gasteiger partial charge in [-0.05, 0) is 62.7 Å². The molecule has 2 saturated carbocycles. The lowest BCUT2D eigenvalue weighted by Gasteiger charge is -2.43. The summed E-state index contributed by atoms with van der Waals surface area (Å²) in [4.78, 5) is 15.6. The van der Waals surface area contributed by atoms with Gasteiger partial charge in [-0.3, -0.25) is 4.79 Å². The summed E-state index contributed by atoms with van der Waals surface area (Å²) in [7, 11) is 0. The smallest absolute Gasteiger partial charge is 0.230 e. The van der Waals surface area contributed by atoms with Gasteiger partial charge in [-0.2, -0.15) is 0 Å². The van der Waals surface area contributed by atoms with Gasteiger partial charge in [-0.25, -0.2) is 0 Å². The van der Waals surface area contributed by atoms with Crippen LogP contribution in [-0.2, 0) is 9.53 Å². The van der Waals surface area contributed by atoms with Crippen molar-refractivity contribution in [1.29, 1.82) is 0 Å². The van der Waals surface area contributed by atoms with E-state index in [1.54, 1.807) is 0 Å². The number of carbonyl (C=O) groups is 1. The lowest BCUT2D eigenvalue weighted by Crippen LogP contribution is -2.54. The van der Waals surface area contributed by atoms with E-state index in [0.717, 1.165) is 37.1 Å². The van der Waals surface area contributed by atoms with Gasteiger partial charge in [-0.1, -0.05) is 0 Å². The zero-order valence-corrected chi connectivity index (χ0v) is 12.9. The van der Waals surface area contributed by atoms with Crippen LogP contribution in [0.3, 0.4) is 0 Å². The fraction of sp³-hybridized carbons (Fsp3) is 0.941. The van der Waals surface area contributed by atoms with E-state index in [9.17, 15) is 4.79 Å². The van der Waals surface area contributed by atoms with Crippen LogP contribution in [0.2, 0.25) is 0 Å². The van der Waals surface area contributed by atoms with Crippen molar-refractivity contribution in [1.82, 2.24) is 4.90 Å². The fourth-order valence-corrected chi connectivity index (χ4v) is 5.61. The second-order valence-corrected chi connectivity index (χ2v) is 7.98. The van der Waals surface area contributed by atoms with Gasteiger partial charge in [0.15, 0.2) is 0 Å². The van der Waals surface area contributed by atoms with Gasteiger partial charge in [0.05, 0.1) is 5.41 Å². The highest BCUT2D eigenvalue weighted by Gasteiger charge is 2.49. The molecule has 4 nitrogen and oxygen atoms in total. The summed E-state index contributed by atoms with van der Waals surface area (Å²) in [5.41, 5.74) is 5.72. The van der Waals surface area contributed by atoms with Crippen LogP contribution in [0.25, 0.3) is 0 Å². The van der Waals surface area contributed by atoms with Crippen molar-refractivity contribution in [2.75, 3.05) is 26.3 Å². The summed E-state index contributed by atoms with van der Waals surface area (Å²) >= 11 is 0. The topological polar surface area (TPSA) is 55.6 Å². The van der Waals surface area contributed by atoms with E-state index in [1.165, 1.54) is 32.1 Å². The molecule has 0 spiro atoms. The molecule has 3 aliphatic heterocycles. The standard InChI is InChI=1S/C17H28N2O2/c18-11-17(1-3-21-4-2-17)16(20)19-10-14-6-12-5-13(7-14)9-15(19)8-12/h12-15H,1-11,18H2. The third kappa shape index (κ3) is 2.31. The first-order chi connectivity index (χ1) is 10.2. The van der Waals surface area contributed by atoms with Crippen LogP contribution in [0.1, 0.15) is 44.9 Å². The molecule has 0 aromatic rings. The first-order valence-corrected chi connectivity index (χ1v) is 8.79. The van der Waals surface area contributed by atoms with Crippen molar-refractivity contribution >= 4 is 5.91 Å². The molecule has 4 bridgehead atoms. The molecule has 2 N–H and O–H groups in total. The Kier molecular flexibility index (Phi) is 3.49. The molecule has 2 aliphatic carbocycles. The molecule has 1 amide bonds. The number of hydrogen-bond acceptors (Lipinski definition) is 3. The molecule has 0 aromatic carbocycles. The average Bonchev–Trinajstić information content (AvgIpc) is 2.71. The van der Waals surface area contributed by atoms with Gasteiger partial charge in [0, 0.05) is 32.3 Å². The zero-order chi connectivity index (χ0) is 14.4. The van der Waals surface area contributed by atoms with E-state index in [1.807, 2.05) is 0 Å². The van der Waals surface area contributed by atoms with E-state index in [-0.39, 0.29) is 5.41 Å². The molecule has 21 heavy (non-hydrogen) atoms. The van der Waals surface area contributed by atoms with Gasteiger partial charge in [0.25, 0.3) is 0 Å². The molecule has 2 atom stereocenters. The molecule has 0 radical (unpaired) electrons. The Morgan fingerprint density at radius 1 is 1.05 bits per heavy atom. The lowest BCUT2D eigenvalue weighted by molar-refractivity contribution is -0.150. The monoisotopic (exact) mass is 292 g/mol. The molecular weight excluding hydrogens is 264 g/mol. The highest BCUT2D eigenvalue weighted by molar-refractivity contribution is 5.83. The van der Waals surface area contributed by atoms with E-state index in [4.69, 9.17) is 10.5 Å². The van der Waals surface area contributed by atoms with Crippen LogP contribution in [0, 0.1) is 23.2 Å². The van der Waals surface area contributed by atoms with E-state index in [2.05, 4.69) is 4.90 Å². The normalized spacial score (nSPS) is 41.1. The number of fused-ring (bicyclic) bond motifs is 1. The van der Waals surface area contributed by atoms with Gasteiger partial charge in [0.1, 0.15) is 0 Å². The molecule has 118 valence electrons. The number of amides is 1. The van der Waals surface area contributed by atoms with Gasteiger partial charge in [-0.15, -0.1) is 0 Å². The molecule has 5 rings (SSSR count). The number of ether oxygens (including phenoxy) is 1. The minimum Gasteiger partial charge on any atom is -0.381 e. The first kappa shape index (κ1) is 14.0. The van der Waals surface area contributed by atoms with Crippen LogP contribution >= 0.6 is 0 Å². The number of carbonyl (C=O) groups excluding carboxylic acids is 1. The predicted molar refractivity (Wildman–Crippen MR) is 80.6 cm³/mol. The highest BCUT2D eigenvalue weighted by Crippen LogP contribution is 2.48. The number of nitrogens with two attached hydrogens (primary N) is 1. The van der Waals surface area contributed by atoms with Crippen LogP contribution in [0.4, 0.5) is 0 Å². The zero-order valence-electron chi connectivity index (χ0n) is 12.9. The molecule has 0 aromatic heterocycles. The van der Waals surface area contributed by atoms with Crippen molar-refractivity contribution in [2.45, 2.75) is 51.0 Å². The molecule has 3 saturated heterocycles. The summed E-state index contributed by atoms with van der Waals surface area (Å²) in [6.45, 7) is 2.86. The van der Waals surface area contributed by atoms with E-state index >= 15 is 0 Å². The fourth-order valence-electron chi connectivity index (χ4n) is 5.61. The Hall–Kier alpha value is -0.610. The maximum absolute atomic E-state index is 13.3. The molecule has 5 fully saturated rings.